The fourth-order valence-electron chi connectivity index (χ4n) is 1.26. The molecule has 0 bridgehead atoms. The third-order valence-corrected chi connectivity index (χ3v) is 2.01. The van der Waals surface area contributed by atoms with Crippen LogP contribution in [0.3, 0.4) is 0 Å². The first-order valence-electron chi connectivity index (χ1n) is 4.71. The zero-order chi connectivity index (χ0) is 14.8. The van der Waals surface area contributed by atoms with Crippen LogP contribution in [0, 0.1) is 11.7 Å². The van der Waals surface area contributed by atoms with Gasteiger partial charge in [0.15, 0.2) is 0 Å². The van der Waals surface area contributed by atoms with Crippen molar-refractivity contribution < 1.29 is 35.5 Å². The number of carbonyl (C=O) groups is 1. The Hall–Kier alpha value is -1.80. The summed E-state index contributed by atoms with van der Waals surface area (Å²) < 4.78 is 85.9. The van der Waals surface area contributed by atoms with Crippen molar-refractivity contribution in [3.63, 3.8) is 0 Å². The lowest BCUT2D eigenvalue weighted by atomic mass is 10.1. The maximum absolute atomic E-state index is 12.7. The summed E-state index contributed by atoms with van der Waals surface area (Å²) >= 11 is 0. The molecule has 1 rings (SSSR count). The van der Waals surface area contributed by atoms with Gasteiger partial charge >= 0.3 is 12.4 Å². The Kier molecular flexibility index (Phi) is 4.06. The summed E-state index contributed by atoms with van der Waals surface area (Å²) in [5.74, 6) is -7.39. The quantitative estimate of drug-likeness (QED) is 0.829. The van der Waals surface area contributed by atoms with E-state index in [4.69, 9.17) is 0 Å². The van der Waals surface area contributed by atoms with Crippen molar-refractivity contribution in [1.82, 2.24) is 0 Å². The first-order valence-corrected chi connectivity index (χ1v) is 4.71. The Bertz CT molecular complexity index is 452. The average Bonchev–Trinajstić information content (AvgIpc) is 2.11. The second-order valence-electron chi connectivity index (χ2n) is 3.52. The van der Waals surface area contributed by atoms with Crippen LogP contribution in [0.2, 0.25) is 0 Å². The minimum atomic E-state index is -5.78. The Morgan fingerprint density at radius 2 is 1.58 bits per heavy atom. The minimum absolute atomic E-state index is 0.497. The molecule has 0 atom stereocenters. The van der Waals surface area contributed by atoms with E-state index >= 15 is 0 Å². The van der Waals surface area contributed by atoms with E-state index in [0.29, 0.717) is 6.07 Å². The van der Waals surface area contributed by atoms with E-state index in [-0.39, 0.29) is 0 Å². The highest BCUT2D eigenvalue weighted by atomic mass is 19.4. The van der Waals surface area contributed by atoms with Gasteiger partial charge in [0.25, 0.3) is 0 Å². The second kappa shape index (κ2) is 5.06. The molecule has 0 saturated heterocycles. The van der Waals surface area contributed by atoms with Gasteiger partial charge in [-0.3, -0.25) is 4.79 Å². The molecule has 0 aliphatic heterocycles. The molecule has 9 heteroatoms. The normalized spacial score (nSPS) is 12.6. The lowest BCUT2D eigenvalue weighted by Crippen LogP contribution is -2.45. The van der Waals surface area contributed by atoms with Crippen molar-refractivity contribution in [1.29, 1.82) is 0 Å². The van der Waals surface area contributed by atoms with E-state index in [1.54, 1.807) is 0 Å². The van der Waals surface area contributed by atoms with Crippen molar-refractivity contribution in [2.75, 3.05) is 5.32 Å². The average molecular weight is 289 g/mol. The summed E-state index contributed by atoms with van der Waals surface area (Å²) in [6.07, 6.45) is -11.6. The number of rotatable bonds is 2. The summed E-state index contributed by atoms with van der Waals surface area (Å²) in [5.41, 5.74) is -0.497. The minimum Gasteiger partial charge on any atom is -0.325 e. The molecule has 1 aromatic rings. The van der Waals surface area contributed by atoms with Gasteiger partial charge in [0.1, 0.15) is 5.82 Å². The summed E-state index contributed by atoms with van der Waals surface area (Å²) in [5, 5.41) is 1.38. The van der Waals surface area contributed by atoms with Gasteiger partial charge < -0.3 is 5.32 Å². The van der Waals surface area contributed by atoms with Crippen molar-refractivity contribution >= 4 is 11.6 Å². The Morgan fingerprint density at radius 3 is 2.00 bits per heavy atom. The molecule has 106 valence electrons. The number of benzene rings is 1. The lowest BCUT2D eigenvalue weighted by molar-refractivity contribution is -0.272. The van der Waals surface area contributed by atoms with Crippen LogP contribution in [0.4, 0.5) is 36.4 Å². The zero-order valence-electron chi connectivity index (χ0n) is 8.94. The van der Waals surface area contributed by atoms with Crippen molar-refractivity contribution in [2.24, 2.45) is 5.92 Å². The van der Waals surface area contributed by atoms with E-state index in [1.165, 1.54) is 5.32 Å². The Labute approximate surface area is 102 Å². The van der Waals surface area contributed by atoms with Gasteiger partial charge in [0, 0.05) is 5.69 Å². The molecular weight excluding hydrogens is 283 g/mol. The Balaban J connectivity index is 2.97. The molecule has 0 radical (unpaired) electrons. The molecule has 0 aliphatic carbocycles. The molecule has 0 aromatic heterocycles. The van der Waals surface area contributed by atoms with Gasteiger partial charge in [0.2, 0.25) is 11.8 Å². The molecule has 0 heterocycles. The van der Waals surface area contributed by atoms with Crippen molar-refractivity contribution in [3.8, 4) is 0 Å². The standard InChI is InChI=1S/C10H6F7NO/c11-5-2-1-3-6(4-5)18-8(19)7(9(12,13)14)10(15,16)17/h1-4,7H,(H,18,19). The third-order valence-electron chi connectivity index (χ3n) is 2.01. The van der Waals surface area contributed by atoms with Crippen molar-refractivity contribution in [3.05, 3.63) is 30.1 Å². The Morgan fingerprint density at radius 1 is 1.05 bits per heavy atom. The maximum Gasteiger partial charge on any atom is 0.409 e. The highest BCUT2D eigenvalue weighted by Crippen LogP contribution is 2.39. The molecule has 1 amide bonds. The molecule has 0 unspecified atom stereocenters. The summed E-state index contributed by atoms with van der Waals surface area (Å²) in [6, 6.07) is 3.51. The van der Waals surface area contributed by atoms with Crippen LogP contribution in [0.25, 0.3) is 0 Å². The van der Waals surface area contributed by atoms with Crippen LogP contribution in [-0.4, -0.2) is 18.3 Å². The number of halogens is 7. The number of anilines is 1. The van der Waals surface area contributed by atoms with Gasteiger partial charge in [-0.2, -0.15) is 26.3 Å². The van der Waals surface area contributed by atoms with Crippen LogP contribution >= 0.6 is 0 Å². The summed E-state index contributed by atoms with van der Waals surface area (Å²) in [7, 11) is 0. The predicted octanol–water partition coefficient (Wildman–Crippen LogP) is 3.51. The monoisotopic (exact) mass is 289 g/mol. The van der Waals surface area contributed by atoms with Crippen LogP contribution in [0.5, 0.6) is 0 Å². The van der Waals surface area contributed by atoms with Gasteiger partial charge in [0.05, 0.1) is 0 Å². The van der Waals surface area contributed by atoms with E-state index < -0.39 is 35.7 Å². The molecule has 2 nitrogen and oxygen atoms in total. The molecule has 0 saturated carbocycles. The summed E-state index contributed by atoms with van der Waals surface area (Å²) in [4.78, 5) is 11.0. The molecule has 19 heavy (non-hydrogen) atoms. The van der Waals surface area contributed by atoms with Gasteiger partial charge in [-0.15, -0.1) is 0 Å². The number of amides is 1. The number of carbonyl (C=O) groups excluding carboxylic acids is 1. The van der Waals surface area contributed by atoms with Crippen LogP contribution in [0.1, 0.15) is 0 Å². The van der Waals surface area contributed by atoms with Crippen LogP contribution in [0.15, 0.2) is 24.3 Å². The number of hydrogen-bond donors (Lipinski definition) is 1. The number of hydrogen-bond acceptors (Lipinski definition) is 1. The summed E-state index contributed by atoms with van der Waals surface area (Å²) in [6.45, 7) is 0. The SMILES string of the molecule is O=C(Nc1cccc(F)c1)C(C(F)(F)F)C(F)(F)F. The highest BCUT2D eigenvalue weighted by Gasteiger charge is 2.61. The first kappa shape index (κ1) is 15.3. The van der Waals surface area contributed by atoms with Gasteiger partial charge in [-0.25, -0.2) is 4.39 Å². The predicted molar refractivity (Wildman–Crippen MR) is 50.6 cm³/mol. The topological polar surface area (TPSA) is 29.1 Å². The molecule has 1 aromatic carbocycles. The first-order chi connectivity index (χ1) is 8.51. The fraction of sp³-hybridized carbons (Fsp3) is 0.300. The molecule has 0 aliphatic rings. The van der Waals surface area contributed by atoms with Crippen LogP contribution in [-0.2, 0) is 4.79 Å². The molecule has 0 spiro atoms. The fourth-order valence-corrected chi connectivity index (χ4v) is 1.26. The van der Waals surface area contributed by atoms with Gasteiger partial charge in [-0.05, 0) is 18.2 Å². The highest BCUT2D eigenvalue weighted by molar-refractivity contribution is 5.93. The third kappa shape index (κ3) is 4.11. The largest absolute Gasteiger partial charge is 0.409 e. The number of alkyl halides is 6. The second-order valence-corrected chi connectivity index (χ2v) is 3.52. The van der Waals surface area contributed by atoms with E-state index in [0.717, 1.165) is 18.2 Å². The van der Waals surface area contributed by atoms with E-state index in [1.807, 2.05) is 0 Å². The number of nitrogens with one attached hydrogen (secondary N) is 1. The van der Waals surface area contributed by atoms with Crippen molar-refractivity contribution in [2.45, 2.75) is 12.4 Å². The van der Waals surface area contributed by atoms with E-state index in [9.17, 15) is 35.5 Å². The molecule has 0 fully saturated rings. The smallest absolute Gasteiger partial charge is 0.325 e. The maximum atomic E-state index is 12.7. The van der Waals surface area contributed by atoms with Gasteiger partial charge in [-0.1, -0.05) is 6.07 Å². The zero-order valence-corrected chi connectivity index (χ0v) is 8.94. The molecule has 1 N–H and O–H groups in total. The molecular formula is C10H6F7NO. The lowest BCUT2D eigenvalue weighted by Gasteiger charge is -2.22. The van der Waals surface area contributed by atoms with Crippen LogP contribution < -0.4 is 5.32 Å². The van der Waals surface area contributed by atoms with E-state index in [2.05, 4.69) is 0 Å².